The average Bonchev–Trinajstić information content (AvgIpc) is 3.34. The van der Waals surface area contributed by atoms with Gasteiger partial charge in [0.25, 0.3) is 20.3 Å². The highest BCUT2D eigenvalue weighted by Gasteiger charge is 2.29. The van der Waals surface area contributed by atoms with Crippen LogP contribution in [0.15, 0.2) is 57.8 Å². The lowest BCUT2D eigenvalue weighted by molar-refractivity contribution is 0.0730. The van der Waals surface area contributed by atoms with E-state index in [9.17, 15) is 21.6 Å². The van der Waals surface area contributed by atoms with Gasteiger partial charge in [-0.3, -0.25) is 14.8 Å². The number of amides is 1. The zero-order valence-electron chi connectivity index (χ0n) is 18.4. The summed E-state index contributed by atoms with van der Waals surface area (Å²) < 4.78 is 65.4. The Hall–Kier alpha value is -3.11. The van der Waals surface area contributed by atoms with E-state index in [0.29, 0.717) is 16.9 Å². The molecule has 15 heteroatoms. The van der Waals surface area contributed by atoms with E-state index in [1.807, 2.05) is 0 Å². The van der Waals surface area contributed by atoms with Crippen molar-refractivity contribution in [2.45, 2.75) is 9.24 Å². The van der Waals surface area contributed by atoms with Gasteiger partial charge in [-0.1, -0.05) is 29.5 Å². The first-order valence-corrected chi connectivity index (χ1v) is 13.9. The van der Waals surface area contributed by atoms with Gasteiger partial charge < -0.3 is 9.47 Å². The van der Waals surface area contributed by atoms with E-state index in [4.69, 9.17) is 9.47 Å². The van der Waals surface area contributed by atoms with Crippen LogP contribution in [0.5, 0.6) is 5.75 Å². The van der Waals surface area contributed by atoms with Crippen LogP contribution in [-0.2, 0) is 24.8 Å². The lowest BCUT2D eigenvalue weighted by atomic mass is 10.2. The molecular weight excluding hydrogens is 518 g/mol. The second-order valence-electron chi connectivity index (χ2n) is 7.18. The predicted octanol–water partition coefficient (Wildman–Crippen LogP) is 1.62. The molecule has 1 aromatic heterocycles. The summed E-state index contributed by atoms with van der Waals surface area (Å²) in [5.41, 5.74) is 0.278. The molecule has 2 aromatic carbocycles. The fraction of sp³-hybridized carbons (Fsp3) is 0.250. The first kappa shape index (κ1) is 25.0. The molecule has 0 unspecified atom stereocenters. The molecule has 1 aliphatic heterocycles. The maximum absolute atomic E-state index is 13.0. The molecular formula is C20H21N5O7S3. The summed E-state index contributed by atoms with van der Waals surface area (Å²) in [6.45, 7) is 0.930. The van der Waals surface area contributed by atoms with Crippen molar-refractivity contribution < 1.29 is 31.1 Å². The lowest BCUT2D eigenvalue weighted by Gasteiger charge is -2.26. The molecule has 0 spiro atoms. The Kier molecular flexibility index (Phi) is 7.32. The van der Waals surface area contributed by atoms with Gasteiger partial charge in [0.15, 0.2) is 0 Å². The largest absolute Gasteiger partial charge is 0.495 e. The molecule has 1 amide bonds. The predicted molar refractivity (Wildman–Crippen MR) is 128 cm³/mol. The van der Waals surface area contributed by atoms with Gasteiger partial charge in [-0.25, -0.2) is 8.42 Å². The molecule has 1 aliphatic rings. The van der Waals surface area contributed by atoms with Crippen LogP contribution in [0.3, 0.4) is 0 Å². The number of methoxy groups -OCH3 is 1. The molecule has 1 fully saturated rings. The normalized spacial score (nSPS) is 14.9. The van der Waals surface area contributed by atoms with Gasteiger partial charge in [-0.2, -0.15) is 12.7 Å². The molecule has 186 valence electrons. The molecule has 0 saturated carbocycles. The van der Waals surface area contributed by atoms with Crippen molar-refractivity contribution in [2.75, 3.05) is 43.5 Å². The molecule has 0 atom stereocenters. The smallest absolute Gasteiger partial charge is 0.291 e. The Labute approximate surface area is 206 Å². The molecule has 0 aliphatic carbocycles. The molecule has 4 rings (SSSR count). The SMILES string of the molecule is COc1ccc(S(=O)(=O)N2CCOCC2)cc1NS(=O)(=O)c1nnc(NC(=O)c2ccccc2)s1. The monoisotopic (exact) mass is 539 g/mol. The van der Waals surface area contributed by atoms with Crippen LogP contribution in [0.2, 0.25) is 0 Å². The van der Waals surface area contributed by atoms with E-state index in [2.05, 4.69) is 20.2 Å². The number of sulfonamides is 2. The van der Waals surface area contributed by atoms with Gasteiger partial charge >= 0.3 is 0 Å². The summed E-state index contributed by atoms with van der Waals surface area (Å²) in [4.78, 5) is 12.2. The van der Waals surface area contributed by atoms with Crippen molar-refractivity contribution in [1.82, 2.24) is 14.5 Å². The highest BCUT2D eigenvalue weighted by atomic mass is 32.2. The Bertz CT molecular complexity index is 1420. The number of aromatic nitrogens is 2. The number of nitrogens with zero attached hydrogens (tertiary/aromatic N) is 3. The zero-order chi connectivity index (χ0) is 25.1. The minimum absolute atomic E-state index is 0.0187. The van der Waals surface area contributed by atoms with E-state index < -0.39 is 30.3 Å². The number of ether oxygens (including phenoxy) is 2. The number of hydrogen-bond acceptors (Lipinski definition) is 10. The number of hydrogen-bond donors (Lipinski definition) is 2. The third-order valence-electron chi connectivity index (χ3n) is 4.92. The van der Waals surface area contributed by atoms with Crippen LogP contribution in [-0.4, -0.2) is 70.7 Å². The van der Waals surface area contributed by atoms with Crippen molar-refractivity contribution in [3.63, 3.8) is 0 Å². The van der Waals surface area contributed by atoms with Crippen LogP contribution >= 0.6 is 11.3 Å². The van der Waals surface area contributed by atoms with Crippen LogP contribution in [0.25, 0.3) is 0 Å². The fourth-order valence-electron chi connectivity index (χ4n) is 3.18. The van der Waals surface area contributed by atoms with Crippen LogP contribution in [0.4, 0.5) is 10.8 Å². The quantitative estimate of drug-likeness (QED) is 0.406. The minimum Gasteiger partial charge on any atom is -0.495 e. The van der Waals surface area contributed by atoms with Crippen molar-refractivity contribution in [3.05, 3.63) is 54.1 Å². The number of benzene rings is 2. The zero-order valence-corrected chi connectivity index (χ0v) is 20.8. The maximum Gasteiger partial charge on any atom is 0.291 e. The first-order chi connectivity index (χ1) is 16.7. The topological polar surface area (TPSA) is 157 Å². The molecule has 1 saturated heterocycles. The van der Waals surface area contributed by atoms with Gasteiger partial charge in [0.2, 0.25) is 15.2 Å². The third-order valence-corrected chi connectivity index (χ3v) is 9.38. The Morgan fingerprint density at radius 3 is 2.46 bits per heavy atom. The second-order valence-corrected chi connectivity index (χ2v) is 11.9. The Morgan fingerprint density at radius 1 is 1.06 bits per heavy atom. The van der Waals surface area contributed by atoms with Gasteiger partial charge in [0, 0.05) is 18.7 Å². The number of morpholine rings is 1. The summed E-state index contributed by atoms with van der Waals surface area (Å²) in [6.07, 6.45) is 0. The summed E-state index contributed by atoms with van der Waals surface area (Å²) in [5, 5.41) is 9.85. The molecule has 2 N–H and O–H groups in total. The van der Waals surface area contributed by atoms with Crippen molar-refractivity contribution in [2.24, 2.45) is 0 Å². The summed E-state index contributed by atoms with van der Waals surface area (Å²) >= 11 is 0.642. The lowest BCUT2D eigenvalue weighted by Crippen LogP contribution is -2.40. The van der Waals surface area contributed by atoms with Gasteiger partial charge in [-0.05, 0) is 30.3 Å². The first-order valence-electron chi connectivity index (χ1n) is 10.2. The fourth-order valence-corrected chi connectivity index (χ4v) is 6.57. The van der Waals surface area contributed by atoms with Crippen LogP contribution < -0.4 is 14.8 Å². The molecule has 0 bridgehead atoms. The Morgan fingerprint density at radius 2 is 1.77 bits per heavy atom. The summed E-state index contributed by atoms with van der Waals surface area (Å²) in [5.74, 6) is -0.363. The standard InChI is InChI=1S/C20H21N5O7S3/c1-31-17-8-7-15(35(29,30)25-9-11-32-12-10-25)13-16(17)24-34(27,28)20-23-22-19(33-20)21-18(26)14-5-3-2-4-6-14/h2-8,13,24H,9-12H2,1H3,(H,21,22,26). The maximum atomic E-state index is 13.0. The van der Waals surface area contributed by atoms with Crippen LogP contribution in [0, 0.1) is 0 Å². The third kappa shape index (κ3) is 5.59. The molecule has 3 aromatic rings. The van der Waals surface area contributed by atoms with E-state index in [1.165, 1.54) is 29.6 Å². The number of nitrogens with one attached hydrogen (secondary N) is 2. The van der Waals surface area contributed by atoms with Crippen molar-refractivity contribution >= 4 is 48.1 Å². The summed E-state index contributed by atoms with van der Waals surface area (Å²) in [7, 11) is -6.83. The number of anilines is 2. The highest BCUT2D eigenvalue weighted by Crippen LogP contribution is 2.32. The number of carbonyl (C=O) groups excluding carboxylic acids is 1. The van der Waals surface area contributed by atoms with Crippen LogP contribution in [0.1, 0.15) is 10.4 Å². The average molecular weight is 540 g/mol. The molecule has 12 nitrogen and oxygen atoms in total. The Balaban J connectivity index is 1.56. The van der Waals surface area contributed by atoms with Gasteiger partial charge in [0.05, 0.1) is 30.9 Å². The highest BCUT2D eigenvalue weighted by molar-refractivity contribution is 7.94. The van der Waals surface area contributed by atoms with E-state index in [0.717, 1.165) is 0 Å². The van der Waals surface area contributed by atoms with Gasteiger partial charge in [0.1, 0.15) is 5.75 Å². The van der Waals surface area contributed by atoms with Crippen molar-refractivity contribution in [3.8, 4) is 5.75 Å². The second kappa shape index (κ2) is 10.2. The number of carbonyl (C=O) groups is 1. The van der Waals surface area contributed by atoms with Crippen molar-refractivity contribution in [1.29, 1.82) is 0 Å². The minimum atomic E-state index is -4.28. The molecule has 2 heterocycles. The van der Waals surface area contributed by atoms with E-state index in [1.54, 1.807) is 30.3 Å². The van der Waals surface area contributed by atoms with E-state index >= 15 is 0 Å². The summed E-state index contributed by atoms with van der Waals surface area (Å²) in [6, 6.07) is 12.2. The molecule has 0 radical (unpaired) electrons. The van der Waals surface area contributed by atoms with E-state index in [-0.39, 0.29) is 47.8 Å². The molecule has 35 heavy (non-hydrogen) atoms. The number of rotatable bonds is 8. The van der Waals surface area contributed by atoms with Gasteiger partial charge in [-0.15, -0.1) is 10.2 Å².